The average molecular weight is 369 g/mol. The number of amides is 1. The second-order valence-corrected chi connectivity index (χ2v) is 5.84. The Kier molecular flexibility index (Phi) is 5.39. The lowest BCUT2D eigenvalue weighted by atomic mass is 10.1. The van der Waals surface area contributed by atoms with Crippen LogP contribution in [0.25, 0.3) is 11.3 Å². The van der Waals surface area contributed by atoms with Gasteiger partial charge in [-0.15, -0.1) is 0 Å². The van der Waals surface area contributed by atoms with Crippen molar-refractivity contribution in [1.82, 2.24) is 4.98 Å². The lowest BCUT2D eigenvalue weighted by Gasteiger charge is -2.09. The van der Waals surface area contributed by atoms with Crippen molar-refractivity contribution >= 4 is 23.2 Å². The van der Waals surface area contributed by atoms with E-state index in [2.05, 4.69) is 10.3 Å². The van der Waals surface area contributed by atoms with Crippen LogP contribution in [0.15, 0.2) is 60.8 Å². The fourth-order valence-electron chi connectivity index (χ4n) is 2.50. The van der Waals surface area contributed by atoms with Gasteiger partial charge in [-0.2, -0.15) is 0 Å². The Morgan fingerprint density at radius 1 is 1.00 bits per heavy atom. The molecule has 0 aliphatic rings. The van der Waals surface area contributed by atoms with Gasteiger partial charge in [0.05, 0.1) is 19.2 Å². The van der Waals surface area contributed by atoms with Gasteiger partial charge in [0, 0.05) is 23.0 Å². The molecule has 26 heavy (non-hydrogen) atoms. The van der Waals surface area contributed by atoms with E-state index in [0.29, 0.717) is 27.8 Å². The number of rotatable bonds is 5. The first-order valence-corrected chi connectivity index (χ1v) is 8.24. The molecule has 6 heteroatoms. The molecule has 3 rings (SSSR count). The molecule has 0 fully saturated rings. The molecule has 0 saturated heterocycles. The molecule has 1 N–H and O–H groups in total. The van der Waals surface area contributed by atoms with Gasteiger partial charge in [-0.1, -0.05) is 23.7 Å². The van der Waals surface area contributed by atoms with E-state index in [-0.39, 0.29) is 5.91 Å². The number of hydrogen-bond acceptors (Lipinski definition) is 4. The Bertz CT molecular complexity index is 927. The van der Waals surface area contributed by atoms with E-state index in [9.17, 15) is 4.79 Å². The first-order chi connectivity index (χ1) is 12.6. The maximum absolute atomic E-state index is 12.4. The van der Waals surface area contributed by atoms with Crippen molar-refractivity contribution in [2.45, 2.75) is 0 Å². The molecule has 0 bridgehead atoms. The molecule has 132 valence electrons. The highest BCUT2D eigenvalue weighted by Gasteiger charge is 2.10. The highest BCUT2D eigenvalue weighted by Crippen LogP contribution is 2.29. The third kappa shape index (κ3) is 3.78. The Labute approximate surface area is 156 Å². The van der Waals surface area contributed by atoms with E-state index in [1.54, 1.807) is 43.6 Å². The van der Waals surface area contributed by atoms with Crippen LogP contribution in [0, 0.1) is 0 Å². The van der Waals surface area contributed by atoms with Crippen molar-refractivity contribution in [2.24, 2.45) is 0 Å². The van der Waals surface area contributed by atoms with Crippen LogP contribution in [-0.4, -0.2) is 25.1 Å². The first-order valence-electron chi connectivity index (χ1n) is 7.86. The van der Waals surface area contributed by atoms with Crippen LogP contribution in [0.4, 0.5) is 5.69 Å². The molecule has 0 spiro atoms. The average Bonchev–Trinajstić information content (AvgIpc) is 2.68. The van der Waals surface area contributed by atoms with Gasteiger partial charge in [0.2, 0.25) is 0 Å². The van der Waals surface area contributed by atoms with E-state index in [1.807, 2.05) is 24.3 Å². The summed E-state index contributed by atoms with van der Waals surface area (Å²) in [4.78, 5) is 16.8. The molecule has 3 aromatic rings. The summed E-state index contributed by atoms with van der Waals surface area (Å²) in [5.41, 5.74) is 2.71. The number of halogens is 1. The summed E-state index contributed by atoms with van der Waals surface area (Å²) in [7, 11) is 3.14. The monoisotopic (exact) mass is 368 g/mol. The molecule has 2 aromatic carbocycles. The minimum absolute atomic E-state index is 0.231. The third-order valence-electron chi connectivity index (χ3n) is 3.82. The van der Waals surface area contributed by atoms with Crippen molar-refractivity contribution in [2.75, 3.05) is 19.5 Å². The number of methoxy groups -OCH3 is 2. The van der Waals surface area contributed by atoms with Crippen molar-refractivity contribution < 1.29 is 14.3 Å². The molecule has 0 unspecified atom stereocenters. The highest BCUT2D eigenvalue weighted by molar-refractivity contribution is 6.32. The minimum Gasteiger partial charge on any atom is -0.495 e. The van der Waals surface area contributed by atoms with E-state index >= 15 is 0 Å². The zero-order chi connectivity index (χ0) is 18.5. The van der Waals surface area contributed by atoms with Crippen molar-refractivity contribution in [3.8, 4) is 22.8 Å². The lowest BCUT2D eigenvalue weighted by molar-refractivity contribution is 0.102. The Hall–Kier alpha value is -3.05. The summed E-state index contributed by atoms with van der Waals surface area (Å²) < 4.78 is 10.4. The maximum Gasteiger partial charge on any atom is 0.255 e. The van der Waals surface area contributed by atoms with Crippen LogP contribution in [0.2, 0.25) is 5.02 Å². The fourth-order valence-corrected chi connectivity index (χ4v) is 2.76. The first kappa shape index (κ1) is 17.8. The molecule has 1 amide bonds. The van der Waals surface area contributed by atoms with Gasteiger partial charge < -0.3 is 14.8 Å². The maximum atomic E-state index is 12.4. The van der Waals surface area contributed by atoms with Crippen molar-refractivity contribution in [1.29, 1.82) is 0 Å². The number of carbonyl (C=O) groups excluding carboxylic acids is 1. The van der Waals surface area contributed by atoms with Crippen molar-refractivity contribution in [3.63, 3.8) is 0 Å². The number of nitrogens with zero attached hydrogens (tertiary/aromatic N) is 1. The predicted octanol–water partition coefficient (Wildman–Crippen LogP) is 4.67. The molecule has 0 aliphatic carbocycles. The molecule has 1 heterocycles. The van der Waals surface area contributed by atoms with Gasteiger partial charge in [-0.25, -0.2) is 0 Å². The van der Waals surface area contributed by atoms with E-state index in [4.69, 9.17) is 21.1 Å². The van der Waals surface area contributed by atoms with Gasteiger partial charge >= 0.3 is 0 Å². The van der Waals surface area contributed by atoms with Gasteiger partial charge in [-0.05, 0) is 42.5 Å². The summed E-state index contributed by atoms with van der Waals surface area (Å²) in [5.74, 6) is 1.00. The van der Waals surface area contributed by atoms with Gasteiger partial charge in [0.15, 0.2) is 0 Å². The van der Waals surface area contributed by atoms with Crippen LogP contribution in [-0.2, 0) is 0 Å². The second-order valence-electron chi connectivity index (χ2n) is 5.44. The van der Waals surface area contributed by atoms with Gasteiger partial charge in [-0.3, -0.25) is 9.78 Å². The van der Waals surface area contributed by atoms with Crippen LogP contribution in [0.1, 0.15) is 10.4 Å². The molecule has 0 aliphatic heterocycles. The molecule has 0 saturated carbocycles. The number of aromatic nitrogens is 1. The Morgan fingerprint density at radius 3 is 2.38 bits per heavy atom. The summed E-state index contributed by atoms with van der Waals surface area (Å²) in [6, 6.07) is 15.9. The van der Waals surface area contributed by atoms with E-state index < -0.39 is 0 Å². The normalized spacial score (nSPS) is 10.3. The Morgan fingerprint density at radius 2 is 1.73 bits per heavy atom. The standard InChI is InChI=1S/C20H17ClN2O3/c1-25-17-10-9-15(12-16(17)21)23-20(24)14-7-5-13(6-8-14)19-18(26-2)4-3-11-22-19/h3-12H,1-2H3,(H,23,24). The number of anilines is 1. The van der Waals surface area contributed by atoms with Gasteiger partial charge in [0.25, 0.3) is 5.91 Å². The zero-order valence-electron chi connectivity index (χ0n) is 14.3. The quantitative estimate of drug-likeness (QED) is 0.710. The summed E-state index contributed by atoms with van der Waals surface area (Å²) in [5, 5.41) is 3.25. The van der Waals surface area contributed by atoms with Crippen LogP contribution in [0.3, 0.4) is 0 Å². The number of benzene rings is 2. The molecular weight excluding hydrogens is 352 g/mol. The summed E-state index contributed by atoms with van der Waals surface area (Å²) >= 11 is 6.08. The SMILES string of the molecule is COc1ccc(NC(=O)c2ccc(-c3ncccc3OC)cc2)cc1Cl. The minimum atomic E-state index is -0.231. The number of nitrogens with one attached hydrogen (secondary N) is 1. The molecule has 1 aromatic heterocycles. The van der Waals surface area contributed by atoms with Crippen molar-refractivity contribution in [3.05, 3.63) is 71.4 Å². The number of ether oxygens (including phenoxy) is 2. The van der Waals surface area contributed by atoms with E-state index in [0.717, 1.165) is 11.3 Å². The van der Waals surface area contributed by atoms with Crippen LogP contribution >= 0.6 is 11.6 Å². The number of carbonyl (C=O) groups is 1. The highest BCUT2D eigenvalue weighted by atomic mass is 35.5. The van der Waals surface area contributed by atoms with Crippen LogP contribution in [0.5, 0.6) is 11.5 Å². The molecule has 0 atom stereocenters. The number of pyridine rings is 1. The Balaban J connectivity index is 1.78. The predicted molar refractivity (Wildman–Crippen MR) is 102 cm³/mol. The summed E-state index contributed by atoms with van der Waals surface area (Å²) in [6.45, 7) is 0. The molecule has 0 radical (unpaired) electrons. The van der Waals surface area contributed by atoms with Crippen LogP contribution < -0.4 is 14.8 Å². The third-order valence-corrected chi connectivity index (χ3v) is 4.12. The molecular formula is C20H17ClN2O3. The largest absolute Gasteiger partial charge is 0.495 e. The van der Waals surface area contributed by atoms with Gasteiger partial charge in [0.1, 0.15) is 17.2 Å². The van der Waals surface area contributed by atoms with E-state index in [1.165, 1.54) is 7.11 Å². The second kappa shape index (κ2) is 7.89. The smallest absolute Gasteiger partial charge is 0.255 e. The zero-order valence-corrected chi connectivity index (χ0v) is 15.1. The summed E-state index contributed by atoms with van der Waals surface area (Å²) in [6.07, 6.45) is 1.70. The fraction of sp³-hybridized carbons (Fsp3) is 0.100. The lowest BCUT2D eigenvalue weighted by Crippen LogP contribution is -2.11. The molecule has 5 nitrogen and oxygen atoms in total. The topological polar surface area (TPSA) is 60.5 Å². The number of hydrogen-bond donors (Lipinski definition) is 1.